The van der Waals surface area contributed by atoms with E-state index in [1.165, 1.54) is 12.1 Å². The first kappa shape index (κ1) is 16.3. The van der Waals surface area contributed by atoms with E-state index in [9.17, 15) is 13.2 Å². The van der Waals surface area contributed by atoms with Crippen LogP contribution >= 0.6 is 0 Å². The smallest absolute Gasteiger partial charge is 0.382 e. The molecule has 0 heterocycles. The molecule has 0 radical (unpaired) electrons. The van der Waals surface area contributed by atoms with Gasteiger partial charge in [-0.2, -0.15) is 18.4 Å². The van der Waals surface area contributed by atoms with Crippen LogP contribution in [0.25, 0.3) is 0 Å². The van der Waals surface area contributed by atoms with E-state index in [2.05, 4.69) is 5.32 Å². The van der Waals surface area contributed by atoms with Crippen molar-refractivity contribution in [2.75, 3.05) is 18.5 Å². The summed E-state index contributed by atoms with van der Waals surface area (Å²) >= 11 is 0. The van der Waals surface area contributed by atoms with E-state index >= 15 is 0 Å². The molecule has 0 aliphatic heterocycles. The third-order valence-corrected chi connectivity index (χ3v) is 2.70. The number of ether oxygens (including phenoxy) is 1. The molecule has 0 bridgehead atoms. The van der Waals surface area contributed by atoms with Crippen LogP contribution in [0.1, 0.15) is 31.9 Å². The molecule has 0 aliphatic rings. The summed E-state index contributed by atoms with van der Waals surface area (Å²) in [6.07, 6.45) is -4.52. The molecule has 110 valence electrons. The number of anilines is 1. The van der Waals surface area contributed by atoms with Crippen LogP contribution in [0.3, 0.4) is 0 Å². The SMILES string of the molecule is CCOC(C)(C)CNc1ccc(C(F)(F)F)c(C#N)c1. The van der Waals surface area contributed by atoms with E-state index in [1.54, 1.807) is 6.07 Å². The Morgan fingerprint density at radius 3 is 2.45 bits per heavy atom. The number of hydrogen-bond donors (Lipinski definition) is 1. The number of rotatable bonds is 5. The average Bonchev–Trinajstić information content (AvgIpc) is 2.35. The van der Waals surface area contributed by atoms with E-state index < -0.39 is 22.9 Å². The van der Waals surface area contributed by atoms with E-state index in [4.69, 9.17) is 10.00 Å². The highest BCUT2D eigenvalue weighted by atomic mass is 19.4. The van der Waals surface area contributed by atoms with Crippen molar-refractivity contribution in [1.82, 2.24) is 0 Å². The first-order chi connectivity index (χ1) is 9.19. The van der Waals surface area contributed by atoms with Gasteiger partial charge in [0.25, 0.3) is 0 Å². The standard InChI is InChI=1S/C14H17F3N2O/c1-4-20-13(2,3)9-19-11-5-6-12(14(15,16)17)10(7-11)8-18/h5-7,19H,4,9H2,1-3H3. The van der Waals surface area contributed by atoms with Crippen molar-refractivity contribution in [3.05, 3.63) is 29.3 Å². The molecule has 0 amide bonds. The van der Waals surface area contributed by atoms with Crippen molar-refractivity contribution in [3.8, 4) is 6.07 Å². The molecule has 1 aromatic carbocycles. The fourth-order valence-corrected chi connectivity index (χ4v) is 1.75. The van der Waals surface area contributed by atoms with Crippen molar-refractivity contribution in [2.24, 2.45) is 0 Å². The van der Waals surface area contributed by atoms with Gasteiger partial charge in [-0.1, -0.05) is 0 Å². The quantitative estimate of drug-likeness (QED) is 0.895. The minimum absolute atomic E-state index is 0.392. The molecule has 0 saturated heterocycles. The number of nitrogens with zero attached hydrogens (tertiary/aromatic N) is 1. The number of nitrogens with one attached hydrogen (secondary N) is 1. The van der Waals surface area contributed by atoms with Gasteiger partial charge < -0.3 is 10.1 Å². The van der Waals surface area contributed by atoms with Gasteiger partial charge in [0.15, 0.2) is 0 Å². The van der Waals surface area contributed by atoms with Crippen LogP contribution in [0, 0.1) is 11.3 Å². The largest absolute Gasteiger partial charge is 0.417 e. The fraction of sp³-hybridized carbons (Fsp3) is 0.500. The minimum atomic E-state index is -4.52. The molecule has 1 rings (SSSR count). The fourth-order valence-electron chi connectivity index (χ4n) is 1.75. The Morgan fingerprint density at radius 2 is 1.95 bits per heavy atom. The maximum Gasteiger partial charge on any atom is 0.417 e. The van der Waals surface area contributed by atoms with Gasteiger partial charge in [-0.05, 0) is 39.0 Å². The Labute approximate surface area is 116 Å². The Balaban J connectivity index is 2.88. The first-order valence-electron chi connectivity index (χ1n) is 6.19. The number of halogens is 3. The summed E-state index contributed by atoms with van der Waals surface area (Å²) in [5.74, 6) is 0. The summed E-state index contributed by atoms with van der Waals surface area (Å²) in [6.45, 7) is 6.59. The van der Waals surface area contributed by atoms with Crippen LogP contribution in [-0.2, 0) is 10.9 Å². The average molecular weight is 286 g/mol. The summed E-state index contributed by atoms with van der Waals surface area (Å²) in [6, 6.07) is 5.00. The van der Waals surface area contributed by atoms with E-state index in [0.717, 1.165) is 6.07 Å². The molecule has 0 atom stereocenters. The van der Waals surface area contributed by atoms with Crippen LogP contribution in [-0.4, -0.2) is 18.8 Å². The van der Waals surface area contributed by atoms with Gasteiger partial charge in [-0.25, -0.2) is 0 Å². The normalized spacial score (nSPS) is 12.1. The van der Waals surface area contributed by atoms with Gasteiger partial charge in [-0.15, -0.1) is 0 Å². The third kappa shape index (κ3) is 4.42. The predicted molar refractivity (Wildman–Crippen MR) is 70.4 cm³/mol. The van der Waals surface area contributed by atoms with Crippen LogP contribution in [0.15, 0.2) is 18.2 Å². The van der Waals surface area contributed by atoms with Gasteiger partial charge in [0, 0.05) is 18.8 Å². The van der Waals surface area contributed by atoms with Crippen molar-refractivity contribution in [3.63, 3.8) is 0 Å². The summed E-state index contributed by atoms with van der Waals surface area (Å²) in [4.78, 5) is 0. The van der Waals surface area contributed by atoms with Crippen LogP contribution in [0.2, 0.25) is 0 Å². The molecule has 0 saturated carbocycles. The minimum Gasteiger partial charge on any atom is -0.382 e. The molecule has 6 heteroatoms. The monoisotopic (exact) mass is 286 g/mol. The highest BCUT2D eigenvalue weighted by Gasteiger charge is 2.33. The number of benzene rings is 1. The molecule has 20 heavy (non-hydrogen) atoms. The summed E-state index contributed by atoms with van der Waals surface area (Å²) in [5.41, 5.74) is -1.29. The summed E-state index contributed by atoms with van der Waals surface area (Å²) in [7, 11) is 0. The highest BCUT2D eigenvalue weighted by Crippen LogP contribution is 2.33. The lowest BCUT2D eigenvalue weighted by molar-refractivity contribution is -0.137. The first-order valence-corrected chi connectivity index (χ1v) is 6.19. The molecule has 0 spiro atoms. The Kier molecular flexibility index (Phi) is 5.01. The van der Waals surface area contributed by atoms with Gasteiger partial charge in [0.2, 0.25) is 0 Å². The third-order valence-electron chi connectivity index (χ3n) is 2.70. The Morgan fingerprint density at radius 1 is 1.30 bits per heavy atom. The molecule has 1 N–H and O–H groups in total. The van der Waals surface area contributed by atoms with Gasteiger partial charge in [0.05, 0.1) is 22.8 Å². The zero-order valence-electron chi connectivity index (χ0n) is 11.6. The van der Waals surface area contributed by atoms with Gasteiger partial charge in [-0.3, -0.25) is 0 Å². The zero-order chi connectivity index (χ0) is 15.4. The number of hydrogen-bond acceptors (Lipinski definition) is 3. The molecule has 0 unspecified atom stereocenters. The van der Waals surface area contributed by atoms with Crippen molar-refractivity contribution in [1.29, 1.82) is 5.26 Å². The molecule has 0 aromatic heterocycles. The predicted octanol–water partition coefficient (Wildman–Crippen LogP) is 3.80. The zero-order valence-corrected chi connectivity index (χ0v) is 11.6. The second-order valence-corrected chi connectivity index (χ2v) is 4.92. The maximum absolute atomic E-state index is 12.7. The van der Waals surface area contributed by atoms with E-state index in [0.29, 0.717) is 18.8 Å². The Bertz CT molecular complexity index is 504. The molecule has 0 fully saturated rings. The van der Waals surface area contributed by atoms with E-state index in [-0.39, 0.29) is 0 Å². The van der Waals surface area contributed by atoms with Gasteiger partial charge in [0.1, 0.15) is 0 Å². The van der Waals surface area contributed by atoms with Crippen LogP contribution in [0.4, 0.5) is 18.9 Å². The number of nitriles is 1. The van der Waals surface area contributed by atoms with Gasteiger partial charge >= 0.3 is 6.18 Å². The lowest BCUT2D eigenvalue weighted by Gasteiger charge is -2.25. The van der Waals surface area contributed by atoms with Crippen LogP contribution < -0.4 is 5.32 Å². The second-order valence-electron chi connectivity index (χ2n) is 4.92. The molecular weight excluding hydrogens is 269 g/mol. The van der Waals surface area contributed by atoms with Crippen molar-refractivity contribution < 1.29 is 17.9 Å². The molecular formula is C14H17F3N2O. The maximum atomic E-state index is 12.7. The van der Waals surface area contributed by atoms with Crippen molar-refractivity contribution in [2.45, 2.75) is 32.5 Å². The second kappa shape index (κ2) is 6.14. The van der Waals surface area contributed by atoms with E-state index in [1.807, 2.05) is 20.8 Å². The molecule has 1 aromatic rings. The number of alkyl halides is 3. The lowest BCUT2D eigenvalue weighted by atomic mass is 10.1. The van der Waals surface area contributed by atoms with Crippen molar-refractivity contribution >= 4 is 5.69 Å². The summed E-state index contributed by atoms with van der Waals surface area (Å²) in [5, 5.41) is 11.8. The highest BCUT2D eigenvalue weighted by molar-refractivity contribution is 5.53. The topological polar surface area (TPSA) is 45.0 Å². The lowest BCUT2D eigenvalue weighted by Crippen LogP contribution is -2.33. The summed E-state index contributed by atoms with van der Waals surface area (Å²) < 4.78 is 43.4. The molecule has 0 aliphatic carbocycles. The molecule has 3 nitrogen and oxygen atoms in total. The Hall–Kier alpha value is -1.74. The van der Waals surface area contributed by atoms with Crippen LogP contribution in [0.5, 0.6) is 0 Å².